The first kappa shape index (κ1) is 16.8. The topological polar surface area (TPSA) is 47.9 Å². The number of methoxy groups -OCH3 is 2. The van der Waals surface area contributed by atoms with Crippen LogP contribution in [0.5, 0.6) is 11.5 Å². The first-order chi connectivity index (χ1) is 9.58. The summed E-state index contributed by atoms with van der Waals surface area (Å²) in [6, 6.07) is 5.43. The molecule has 1 unspecified atom stereocenters. The Bertz CT molecular complexity index is 413. The zero-order valence-electron chi connectivity index (χ0n) is 13.1. The third-order valence-corrected chi connectivity index (χ3v) is 3.86. The summed E-state index contributed by atoms with van der Waals surface area (Å²) in [5.41, 5.74) is 0.0954. The summed E-state index contributed by atoms with van der Waals surface area (Å²) in [5.74, 6) is 1.33. The Morgan fingerprint density at radius 1 is 1.10 bits per heavy atom. The molecule has 0 amide bonds. The molecule has 4 nitrogen and oxygen atoms in total. The monoisotopic (exact) mass is 282 g/mol. The van der Waals surface area contributed by atoms with Crippen molar-refractivity contribution in [3.05, 3.63) is 23.8 Å². The van der Waals surface area contributed by atoms with Crippen molar-refractivity contribution in [3.63, 3.8) is 0 Å². The lowest BCUT2D eigenvalue weighted by atomic mass is 9.85. The van der Waals surface area contributed by atoms with Crippen LogP contribution in [0.1, 0.15) is 45.3 Å². The first-order valence-electron chi connectivity index (χ1n) is 7.12. The second-order valence-corrected chi connectivity index (χ2v) is 4.72. The molecule has 1 aromatic rings. The minimum Gasteiger partial charge on any atom is -0.497 e. The van der Waals surface area contributed by atoms with E-state index in [1.54, 1.807) is 20.3 Å². The van der Waals surface area contributed by atoms with Gasteiger partial charge in [0.25, 0.3) is 0 Å². The highest BCUT2D eigenvalue weighted by atomic mass is 16.5. The van der Waals surface area contributed by atoms with Gasteiger partial charge in [-0.15, -0.1) is 0 Å². The molecule has 0 aliphatic carbocycles. The van der Waals surface area contributed by atoms with Gasteiger partial charge in [-0.05, 0) is 38.0 Å². The average molecular weight is 282 g/mol. The van der Waals surface area contributed by atoms with Crippen molar-refractivity contribution in [1.82, 2.24) is 0 Å². The van der Waals surface area contributed by atoms with E-state index in [1.807, 2.05) is 32.9 Å². The van der Waals surface area contributed by atoms with Crippen LogP contribution in [0.4, 0.5) is 0 Å². The Kier molecular flexibility index (Phi) is 6.30. The number of ether oxygens (including phenoxy) is 3. The van der Waals surface area contributed by atoms with E-state index in [0.717, 1.165) is 12.8 Å². The smallest absolute Gasteiger partial charge is 0.125 e. The van der Waals surface area contributed by atoms with Crippen LogP contribution in [0.2, 0.25) is 0 Å². The molecule has 1 rings (SSSR count). The molecule has 0 aromatic heterocycles. The molecular weight excluding hydrogens is 256 g/mol. The number of aliphatic hydroxyl groups excluding tert-OH is 1. The van der Waals surface area contributed by atoms with E-state index in [9.17, 15) is 5.11 Å². The Morgan fingerprint density at radius 2 is 1.75 bits per heavy atom. The van der Waals surface area contributed by atoms with Gasteiger partial charge in [0.1, 0.15) is 17.6 Å². The van der Waals surface area contributed by atoms with Gasteiger partial charge in [0.2, 0.25) is 0 Å². The summed E-state index contributed by atoms with van der Waals surface area (Å²) in [7, 11) is 3.20. The van der Waals surface area contributed by atoms with E-state index >= 15 is 0 Å². The maximum atomic E-state index is 10.8. The SMILES string of the molecule is CCOC(CC)(CC)C(O)c1cc(OC)ccc1OC. The van der Waals surface area contributed by atoms with E-state index in [4.69, 9.17) is 14.2 Å². The molecule has 0 spiro atoms. The summed E-state index contributed by atoms with van der Waals surface area (Å²) >= 11 is 0. The van der Waals surface area contributed by atoms with Crippen LogP contribution < -0.4 is 9.47 Å². The number of rotatable bonds is 8. The lowest BCUT2D eigenvalue weighted by molar-refractivity contribution is -0.128. The molecule has 0 aliphatic heterocycles. The number of benzene rings is 1. The second-order valence-electron chi connectivity index (χ2n) is 4.72. The van der Waals surface area contributed by atoms with Crippen molar-refractivity contribution in [1.29, 1.82) is 0 Å². The van der Waals surface area contributed by atoms with Gasteiger partial charge >= 0.3 is 0 Å². The second kappa shape index (κ2) is 7.50. The molecule has 0 heterocycles. The number of hydrogen-bond acceptors (Lipinski definition) is 4. The van der Waals surface area contributed by atoms with Crippen molar-refractivity contribution >= 4 is 0 Å². The first-order valence-corrected chi connectivity index (χ1v) is 7.12. The highest BCUT2D eigenvalue weighted by Crippen LogP contribution is 2.40. The fraction of sp³-hybridized carbons (Fsp3) is 0.625. The van der Waals surface area contributed by atoms with Gasteiger partial charge in [-0.2, -0.15) is 0 Å². The van der Waals surface area contributed by atoms with E-state index in [2.05, 4.69) is 0 Å². The predicted molar refractivity (Wildman–Crippen MR) is 79.4 cm³/mol. The van der Waals surface area contributed by atoms with Gasteiger partial charge < -0.3 is 19.3 Å². The zero-order chi connectivity index (χ0) is 15.2. The van der Waals surface area contributed by atoms with Crippen LogP contribution in [0, 0.1) is 0 Å². The normalized spacial score (nSPS) is 13.1. The summed E-state index contributed by atoms with van der Waals surface area (Å²) in [6.07, 6.45) is 0.681. The maximum Gasteiger partial charge on any atom is 0.125 e. The average Bonchev–Trinajstić information content (AvgIpc) is 2.51. The van der Waals surface area contributed by atoms with Crippen LogP contribution in [-0.2, 0) is 4.74 Å². The Morgan fingerprint density at radius 3 is 2.20 bits per heavy atom. The van der Waals surface area contributed by atoms with Crippen LogP contribution in [0.3, 0.4) is 0 Å². The molecule has 0 saturated heterocycles. The predicted octanol–water partition coefficient (Wildman–Crippen LogP) is 3.33. The third kappa shape index (κ3) is 3.25. The summed E-state index contributed by atoms with van der Waals surface area (Å²) in [6.45, 7) is 6.55. The van der Waals surface area contributed by atoms with E-state index in [-0.39, 0.29) is 0 Å². The molecule has 0 fully saturated rings. The third-order valence-electron chi connectivity index (χ3n) is 3.86. The van der Waals surface area contributed by atoms with E-state index < -0.39 is 11.7 Å². The standard InChI is InChI=1S/C16H26O4/c1-6-16(7-2,20-8-3)15(17)13-11-12(18-4)9-10-14(13)19-5/h9-11,15,17H,6-8H2,1-5H3. The highest BCUT2D eigenvalue weighted by Gasteiger charge is 2.38. The lowest BCUT2D eigenvalue weighted by Gasteiger charge is -2.37. The quantitative estimate of drug-likeness (QED) is 0.794. The largest absolute Gasteiger partial charge is 0.497 e. The van der Waals surface area contributed by atoms with Gasteiger partial charge in [-0.3, -0.25) is 0 Å². The molecule has 0 radical (unpaired) electrons. The fourth-order valence-electron chi connectivity index (χ4n) is 2.54. The number of aliphatic hydroxyl groups is 1. The lowest BCUT2D eigenvalue weighted by Crippen LogP contribution is -2.38. The van der Waals surface area contributed by atoms with Crippen LogP contribution in [-0.4, -0.2) is 31.5 Å². The molecule has 0 bridgehead atoms. The Labute approximate surface area is 121 Å². The Balaban J connectivity index is 3.25. The molecule has 20 heavy (non-hydrogen) atoms. The minimum absolute atomic E-state index is 0.561. The molecule has 0 saturated carbocycles. The molecule has 1 atom stereocenters. The summed E-state index contributed by atoms with van der Waals surface area (Å²) in [5, 5.41) is 10.8. The highest BCUT2D eigenvalue weighted by molar-refractivity contribution is 5.42. The molecule has 0 aliphatic rings. The van der Waals surface area contributed by atoms with E-state index in [1.165, 1.54) is 0 Å². The van der Waals surface area contributed by atoms with Gasteiger partial charge in [0.15, 0.2) is 0 Å². The van der Waals surface area contributed by atoms with Gasteiger partial charge in [0, 0.05) is 12.2 Å². The minimum atomic E-state index is -0.762. The molecule has 1 N–H and O–H groups in total. The Hall–Kier alpha value is -1.26. The maximum absolute atomic E-state index is 10.8. The van der Waals surface area contributed by atoms with Gasteiger partial charge in [-0.1, -0.05) is 13.8 Å². The summed E-state index contributed by atoms with van der Waals surface area (Å²) < 4.78 is 16.5. The molecule has 114 valence electrons. The fourth-order valence-corrected chi connectivity index (χ4v) is 2.54. The molecule has 1 aromatic carbocycles. The van der Waals surface area contributed by atoms with Gasteiger partial charge in [-0.25, -0.2) is 0 Å². The van der Waals surface area contributed by atoms with Crippen molar-refractivity contribution in [2.24, 2.45) is 0 Å². The van der Waals surface area contributed by atoms with Crippen molar-refractivity contribution in [3.8, 4) is 11.5 Å². The van der Waals surface area contributed by atoms with Crippen molar-refractivity contribution in [2.45, 2.75) is 45.3 Å². The van der Waals surface area contributed by atoms with Crippen LogP contribution in [0.15, 0.2) is 18.2 Å². The number of hydrogen-bond donors (Lipinski definition) is 1. The van der Waals surface area contributed by atoms with Crippen molar-refractivity contribution < 1.29 is 19.3 Å². The van der Waals surface area contributed by atoms with E-state index in [0.29, 0.717) is 23.7 Å². The summed E-state index contributed by atoms with van der Waals surface area (Å²) in [4.78, 5) is 0. The van der Waals surface area contributed by atoms with Crippen molar-refractivity contribution in [2.75, 3.05) is 20.8 Å². The van der Waals surface area contributed by atoms with Crippen LogP contribution >= 0.6 is 0 Å². The zero-order valence-corrected chi connectivity index (χ0v) is 13.1. The molecular formula is C16H26O4. The van der Waals surface area contributed by atoms with Gasteiger partial charge in [0.05, 0.1) is 19.8 Å². The molecule has 4 heteroatoms. The van der Waals surface area contributed by atoms with Crippen LogP contribution in [0.25, 0.3) is 0 Å².